The van der Waals surface area contributed by atoms with Gasteiger partial charge in [0.25, 0.3) is 0 Å². The molecule has 0 radical (unpaired) electrons. The van der Waals surface area contributed by atoms with Gasteiger partial charge in [-0.15, -0.1) is 0 Å². The van der Waals surface area contributed by atoms with Crippen molar-refractivity contribution in [1.82, 2.24) is 10.3 Å². The molecule has 2 heterocycles. The van der Waals surface area contributed by atoms with Crippen LogP contribution in [0.3, 0.4) is 0 Å². The molecule has 1 N–H and O–H groups in total. The van der Waals surface area contributed by atoms with E-state index < -0.39 is 0 Å². The Labute approximate surface area is 220 Å². The fraction of sp³-hybridized carbons (Fsp3) is 0.344. The Morgan fingerprint density at radius 3 is 2.68 bits per heavy atom. The van der Waals surface area contributed by atoms with Crippen LogP contribution < -0.4 is 10.1 Å². The standard InChI is InChI=1S/C32H37N3O2/c1-3-26-16-18-34-22-30(26)31(35-21-25-9-8-17-33-20-25)19-24(2)27-10-7-11-28(15-14-27)32(36)23-37-29-12-5-4-6-13-29/h3-6,8-9,12-13,16-20,27-28,30,35H,1-2,7,10-11,14-15,21-23H2/b31-19+. The first kappa shape index (κ1) is 26.3. The Balaban J connectivity index is 1.40. The SMILES string of the molecule is C=CC1=CC=NCC1/C(=C\C(=C)C1CCCC(C(=O)COc2ccccc2)CC1)NCc1cccnc1. The van der Waals surface area contributed by atoms with E-state index in [1.165, 1.54) is 0 Å². The van der Waals surface area contributed by atoms with E-state index in [9.17, 15) is 4.79 Å². The van der Waals surface area contributed by atoms with E-state index in [0.29, 0.717) is 19.0 Å². The predicted molar refractivity (Wildman–Crippen MR) is 150 cm³/mol. The van der Waals surface area contributed by atoms with E-state index in [4.69, 9.17) is 4.74 Å². The number of carbonyl (C=O) groups excluding carboxylic acids is 1. The Hall–Kier alpha value is -3.73. The minimum absolute atomic E-state index is 0.0525. The van der Waals surface area contributed by atoms with Gasteiger partial charge in [-0.1, -0.05) is 55.5 Å². The number of hydrogen-bond acceptors (Lipinski definition) is 5. The molecule has 2 aromatic rings. The van der Waals surface area contributed by atoms with Crippen molar-refractivity contribution >= 4 is 12.0 Å². The lowest BCUT2D eigenvalue weighted by molar-refractivity contribution is -0.125. The Bertz CT molecular complexity index is 1150. The molecule has 5 heteroatoms. The lowest BCUT2D eigenvalue weighted by Crippen LogP contribution is -2.25. The second-order valence-electron chi connectivity index (χ2n) is 9.80. The summed E-state index contributed by atoms with van der Waals surface area (Å²) < 4.78 is 5.73. The molecule has 0 amide bonds. The van der Waals surface area contributed by atoms with Crippen molar-refractivity contribution in [2.45, 2.75) is 38.6 Å². The average Bonchev–Trinajstić information content (AvgIpc) is 3.22. The highest BCUT2D eigenvalue weighted by molar-refractivity contribution is 5.82. The van der Waals surface area contributed by atoms with Crippen molar-refractivity contribution in [3.05, 3.63) is 109 Å². The monoisotopic (exact) mass is 495 g/mol. The van der Waals surface area contributed by atoms with Crippen molar-refractivity contribution in [2.75, 3.05) is 13.2 Å². The van der Waals surface area contributed by atoms with E-state index in [1.807, 2.05) is 61.0 Å². The van der Waals surface area contributed by atoms with Crippen molar-refractivity contribution in [2.24, 2.45) is 22.7 Å². The summed E-state index contributed by atoms with van der Waals surface area (Å²) in [6, 6.07) is 13.6. The lowest BCUT2D eigenvalue weighted by atomic mass is 9.87. The summed E-state index contributed by atoms with van der Waals surface area (Å²) in [6.07, 6.45) is 16.5. The Morgan fingerprint density at radius 1 is 1.08 bits per heavy atom. The van der Waals surface area contributed by atoms with Gasteiger partial charge in [-0.05, 0) is 73.1 Å². The number of benzene rings is 1. The van der Waals surface area contributed by atoms with Crippen LogP contribution in [0.5, 0.6) is 5.75 Å². The van der Waals surface area contributed by atoms with E-state index in [-0.39, 0.29) is 24.2 Å². The summed E-state index contributed by atoms with van der Waals surface area (Å²) in [6.45, 7) is 10.0. The molecule has 1 aromatic heterocycles. The van der Waals surface area contributed by atoms with Crippen molar-refractivity contribution < 1.29 is 9.53 Å². The minimum atomic E-state index is 0.0525. The molecule has 5 nitrogen and oxygen atoms in total. The summed E-state index contributed by atoms with van der Waals surface area (Å²) >= 11 is 0. The highest BCUT2D eigenvalue weighted by Crippen LogP contribution is 2.34. The molecule has 0 saturated heterocycles. The second kappa shape index (κ2) is 13.5. The van der Waals surface area contributed by atoms with E-state index in [0.717, 1.165) is 60.3 Å². The quantitative estimate of drug-likeness (QED) is 0.295. The van der Waals surface area contributed by atoms with Gasteiger partial charge in [0, 0.05) is 42.7 Å². The van der Waals surface area contributed by atoms with E-state index in [1.54, 1.807) is 6.20 Å². The normalized spacial score (nSPS) is 21.9. The van der Waals surface area contributed by atoms with E-state index >= 15 is 0 Å². The number of nitrogens with one attached hydrogen (secondary N) is 1. The third kappa shape index (κ3) is 7.63. The zero-order valence-electron chi connectivity index (χ0n) is 21.5. The number of dihydropyridines is 1. The summed E-state index contributed by atoms with van der Waals surface area (Å²) in [7, 11) is 0. The second-order valence-corrected chi connectivity index (χ2v) is 9.80. The maximum absolute atomic E-state index is 12.9. The molecule has 1 aromatic carbocycles. The smallest absolute Gasteiger partial charge is 0.173 e. The largest absolute Gasteiger partial charge is 0.486 e. The molecule has 37 heavy (non-hydrogen) atoms. The number of allylic oxidation sites excluding steroid dienone is 4. The zero-order valence-corrected chi connectivity index (χ0v) is 21.5. The van der Waals surface area contributed by atoms with Crippen molar-refractivity contribution in [3.63, 3.8) is 0 Å². The number of ether oxygens (including phenoxy) is 1. The molecular formula is C32H37N3O2. The number of pyridine rings is 1. The van der Waals surface area contributed by atoms with Crippen LogP contribution in [0.25, 0.3) is 0 Å². The first-order valence-electron chi connectivity index (χ1n) is 13.2. The van der Waals surface area contributed by atoms with Crippen LogP contribution in [0.15, 0.2) is 108 Å². The van der Waals surface area contributed by atoms with Crippen LogP contribution in [0.2, 0.25) is 0 Å². The number of nitrogens with zero attached hydrogens (tertiary/aromatic N) is 2. The zero-order chi connectivity index (χ0) is 25.9. The molecule has 1 fully saturated rings. The van der Waals surface area contributed by atoms with Crippen LogP contribution in [0, 0.1) is 17.8 Å². The molecule has 4 rings (SSSR count). The Morgan fingerprint density at radius 2 is 1.89 bits per heavy atom. The molecule has 3 atom stereocenters. The number of ketones is 1. The summed E-state index contributed by atoms with van der Waals surface area (Å²) in [5, 5.41) is 3.64. The molecule has 2 aliphatic rings. The molecule has 0 bridgehead atoms. The van der Waals surface area contributed by atoms with E-state index in [2.05, 4.69) is 40.6 Å². The van der Waals surface area contributed by atoms with Gasteiger partial charge in [0.1, 0.15) is 12.4 Å². The third-order valence-corrected chi connectivity index (χ3v) is 7.31. The van der Waals surface area contributed by atoms with Crippen LogP contribution in [0.1, 0.15) is 37.7 Å². The van der Waals surface area contributed by atoms with Crippen LogP contribution in [-0.4, -0.2) is 30.1 Å². The van der Waals surface area contributed by atoms with Gasteiger partial charge in [0.15, 0.2) is 5.78 Å². The third-order valence-electron chi connectivity index (χ3n) is 7.31. The maximum atomic E-state index is 12.9. The first-order valence-corrected chi connectivity index (χ1v) is 13.2. The van der Waals surface area contributed by atoms with Crippen molar-refractivity contribution in [3.8, 4) is 5.75 Å². The van der Waals surface area contributed by atoms with Gasteiger partial charge in [-0.25, -0.2) is 0 Å². The Kier molecular flexibility index (Phi) is 9.64. The summed E-state index contributed by atoms with van der Waals surface area (Å²) in [5.41, 5.74) is 4.49. The van der Waals surface area contributed by atoms with Gasteiger partial charge in [-0.2, -0.15) is 0 Å². The number of Topliss-reactive ketones (excluding diaryl/α,β-unsaturated/α-hetero) is 1. The fourth-order valence-electron chi connectivity index (χ4n) is 5.10. The molecule has 0 spiro atoms. The van der Waals surface area contributed by atoms with Gasteiger partial charge in [0.05, 0.1) is 6.54 Å². The maximum Gasteiger partial charge on any atom is 0.173 e. The molecule has 1 aliphatic carbocycles. The van der Waals surface area contributed by atoms with Crippen LogP contribution >= 0.6 is 0 Å². The molecule has 1 aliphatic heterocycles. The lowest BCUT2D eigenvalue weighted by Gasteiger charge is -2.25. The molecule has 192 valence electrons. The highest BCUT2D eigenvalue weighted by Gasteiger charge is 2.26. The molecule has 1 saturated carbocycles. The number of hydrogen-bond donors (Lipinski definition) is 1. The number of para-hydroxylation sites is 1. The highest BCUT2D eigenvalue weighted by atomic mass is 16.5. The number of aliphatic imine (C=N–C) groups is 1. The van der Waals surface area contributed by atoms with Gasteiger partial charge in [0.2, 0.25) is 0 Å². The molecule has 3 unspecified atom stereocenters. The van der Waals surface area contributed by atoms with Crippen molar-refractivity contribution in [1.29, 1.82) is 0 Å². The molecular weight excluding hydrogens is 458 g/mol. The van der Waals surface area contributed by atoms with Gasteiger partial charge >= 0.3 is 0 Å². The van der Waals surface area contributed by atoms with Gasteiger partial charge < -0.3 is 10.1 Å². The van der Waals surface area contributed by atoms with Crippen LogP contribution in [0.4, 0.5) is 0 Å². The topological polar surface area (TPSA) is 63.6 Å². The van der Waals surface area contributed by atoms with Gasteiger partial charge in [-0.3, -0.25) is 14.8 Å². The number of rotatable bonds is 11. The summed E-state index contributed by atoms with van der Waals surface area (Å²) in [5.74, 6) is 1.46. The predicted octanol–water partition coefficient (Wildman–Crippen LogP) is 6.27. The fourth-order valence-corrected chi connectivity index (χ4v) is 5.10. The summed E-state index contributed by atoms with van der Waals surface area (Å²) in [4.78, 5) is 21.6. The van der Waals surface area contributed by atoms with Crippen LogP contribution in [-0.2, 0) is 11.3 Å². The minimum Gasteiger partial charge on any atom is -0.486 e. The number of aromatic nitrogens is 1. The number of carbonyl (C=O) groups is 1. The average molecular weight is 496 g/mol. The first-order chi connectivity index (χ1) is 18.1.